The van der Waals surface area contributed by atoms with Crippen LogP contribution in [0.5, 0.6) is 0 Å². The number of piperidine rings is 1. The molecule has 4 fully saturated rings. The van der Waals surface area contributed by atoms with E-state index in [9.17, 15) is 19.2 Å². The molecule has 10 rings (SSSR count). The smallest absolute Gasteiger partial charge is 0.407 e. The second-order valence-electron chi connectivity index (χ2n) is 19.4. The summed E-state index contributed by atoms with van der Waals surface area (Å²) in [7, 11) is 2.54. The summed E-state index contributed by atoms with van der Waals surface area (Å²) < 4.78 is 43.0. The summed E-state index contributed by atoms with van der Waals surface area (Å²) in [5.41, 5.74) is 4.68. The molecule has 6 atom stereocenters. The van der Waals surface area contributed by atoms with Crippen LogP contribution in [0, 0.1) is 23.2 Å². The predicted molar refractivity (Wildman–Crippen MR) is 237 cm³/mol. The predicted octanol–water partition coefficient (Wildman–Crippen LogP) is 8.61. The van der Waals surface area contributed by atoms with Crippen molar-refractivity contribution in [2.75, 3.05) is 20.8 Å². The maximum Gasteiger partial charge on any atom is 0.407 e. The molecule has 0 unspecified atom stereocenters. The normalized spacial score (nSPS) is 22.9. The van der Waals surface area contributed by atoms with Crippen LogP contribution in [0.15, 0.2) is 60.8 Å². The lowest BCUT2D eigenvalue weighted by atomic mass is 9.95. The molecule has 5 aliphatic rings. The molecule has 4 amide bonds. The van der Waals surface area contributed by atoms with Crippen molar-refractivity contribution in [2.45, 2.75) is 102 Å². The van der Waals surface area contributed by atoms with Gasteiger partial charge in [-0.15, -0.1) is 0 Å². The van der Waals surface area contributed by atoms with E-state index in [2.05, 4.69) is 20.6 Å². The number of aromatic amines is 2. The van der Waals surface area contributed by atoms with Crippen molar-refractivity contribution < 1.29 is 37.4 Å². The number of ether oxygens (including phenoxy) is 2. The highest BCUT2D eigenvalue weighted by Crippen LogP contribution is 2.59. The lowest BCUT2D eigenvalue weighted by molar-refractivity contribution is -0.139. The second-order valence-corrected chi connectivity index (χ2v) is 19.4. The quantitative estimate of drug-likeness (QED) is 0.108. The highest BCUT2D eigenvalue weighted by Gasteiger charge is 2.56. The van der Waals surface area contributed by atoms with Crippen LogP contribution in [0.25, 0.3) is 44.5 Å². The number of hydrogen-bond acceptors (Lipinski definition) is 8. The molecular weight excluding hydrogens is 835 g/mol. The first-order valence-electron chi connectivity index (χ1n) is 22.6. The zero-order valence-corrected chi connectivity index (χ0v) is 37.3. The third-order valence-corrected chi connectivity index (χ3v) is 14.7. The van der Waals surface area contributed by atoms with Crippen LogP contribution in [-0.2, 0) is 25.0 Å². The summed E-state index contributed by atoms with van der Waals surface area (Å²) in [6.45, 7) is 8.09. The number of nitrogens with zero attached hydrogens (tertiary/aromatic N) is 4. The largest absolute Gasteiger partial charge is 0.453 e. The summed E-state index contributed by atoms with van der Waals surface area (Å²) >= 11 is 0. The minimum Gasteiger partial charge on any atom is -0.453 e. The number of rotatable bonds is 10. The molecule has 2 aromatic heterocycles. The summed E-state index contributed by atoms with van der Waals surface area (Å²) in [5, 5.41) is 5.43. The van der Waals surface area contributed by atoms with E-state index in [1.807, 2.05) is 62.9 Å². The third-order valence-electron chi connectivity index (χ3n) is 14.7. The molecule has 65 heavy (non-hydrogen) atoms. The van der Waals surface area contributed by atoms with Gasteiger partial charge in [0.25, 0.3) is 5.92 Å². The van der Waals surface area contributed by atoms with E-state index < -0.39 is 30.2 Å². The fraction of sp³-hybridized carbons (Fsp3) is 0.469. The molecule has 1 spiro atoms. The first-order chi connectivity index (χ1) is 31.1. The third kappa shape index (κ3) is 7.19. The number of imidazole rings is 2. The van der Waals surface area contributed by atoms with Crippen molar-refractivity contribution in [1.82, 2.24) is 40.4 Å². The number of hydrogen-bond donors (Lipinski definition) is 4. The second kappa shape index (κ2) is 15.7. The Labute approximate surface area is 375 Å². The number of alkyl halides is 2. The molecule has 4 N–H and O–H groups in total. The van der Waals surface area contributed by atoms with E-state index in [1.165, 1.54) is 20.3 Å². The molecular formula is C49H54F2N8O6. The number of nitrogens with one attached hydrogen (secondary N) is 4. The van der Waals surface area contributed by atoms with Crippen molar-refractivity contribution in [2.24, 2.45) is 23.2 Å². The first-order valence-corrected chi connectivity index (χ1v) is 22.6. The average molecular weight is 889 g/mol. The van der Waals surface area contributed by atoms with Gasteiger partial charge in [0, 0.05) is 29.3 Å². The van der Waals surface area contributed by atoms with Crippen molar-refractivity contribution >= 4 is 35.0 Å². The van der Waals surface area contributed by atoms with Gasteiger partial charge >= 0.3 is 12.2 Å². The van der Waals surface area contributed by atoms with Crippen LogP contribution >= 0.6 is 0 Å². The topological polar surface area (TPSA) is 175 Å². The van der Waals surface area contributed by atoms with E-state index in [4.69, 9.17) is 19.4 Å². The number of carbonyl (C=O) groups is 4. The maximum atomic E-state index is 16.7. The first kappa shape index (κ1) is 42.6. The lowest BCUT2D eigenvalue weighted by Gasteiger charge is -2.37. The number of methoxy groups -OCH3 is 2. The molecule has 4 heterocycles. The fourth-order valence-electron chi connectivity index (χ4n) is 11.0. The standard InChI is InChI=1S/C49H54F2N8O6/c1-24(2)39(56-46(62)64-5)44(60)58-23-48(15-16-48)21-38(58)42-52-22-37(55-42)28-9-13-32-31-12-8-26(18-33(31)49(50,51)34(32)19-28)27-10-14-35-36(20-27)54-43(53-35)41-29-7-11-30(17-29)59(41)45(61)40(25(3)4)57-47(63)65-6/h8-10,12-14,18-20,22,24-25,29-30,38-41H,7,11,15-17,21,23H2,1-6H3,(H,52,55)(H,53,54)(H,56,62)(H,57,63)/t29-,30-,38+,39-,40-,41-/m0/s1. The Morgan fingerprint density at radius 2 is 1.40 bits per heavy atom. The van der Waals surface area contributed by atoms with Crippen LogP contribution in [0.2, 0.25) is 0 Å². The molecule has 14 nitrogen and oxygen atoms in total. The molecule has 5 aromatic rings. The van der Waals surface area contributed by atoms with E-state index in [0.717, 1.165) is 49.6 Å². The maximum absolute atomic E-state index is 16.7. The highest BCUT2D eigenvalue weighted by molar-refractivity contribution is 5.89. The zero-order chi connectivity index (χ0) is 45.7. The van der Waals surface area contributed by atoms with E-state index in [0.29, 0.717) is 51.7 Å². The molecule has 2 aliphatic heterocycles. The summed E-state index contributed by atoms with van der Waals surface area (Å²) in [6.07, 6.45) is 5.75. The SMILES string of the molecule is COC(=O)N[C@H](C(=O)N1CC2(CC2)C[C@@H]1c1ncc(-c2ccc3c(c2)C(F)(F)c2cc(-c4ccc5nc([C@@H]6[C@H]7CC[C@@H](C7)N6C(=O)[C@@H](NC(=O)OC)C(C)C)[nH]c5c4)ccc2-3)[nH]1)C(C)C. The molecule has 340 valence electrons. The van der Waals surface area contributed by atoms with Gasteiger partial charge < -0.3 is 39.9 Å². The van der Waals surface area contributed by atoms with Crippen LogP contribution in [0.3, 0.4) is 0 Å². The minimum absolute atomic E-state index is 0.0102. The van der Waals surface area contributed by atoms with Gasteiger partial charge in [0.1, 0.15) is 23.7 Å². The summed E-state index contributed by atoms with van der Waals surface area (Å²) in [4.78, 5) is 72.6. The van der Waals surface area contributed by atoms with Crippen LogP contribution in [0.1, 0.15) is 101 Å². The molecule has 2 bridgehead atoms. The van der Waals surface area contributed by atoms with Crippen LogP contribution < -0.4 is 10.6 Å². The monoisotopic (exact) mass is 888 g/mol. The number of likely N-dealkylation sites (tertiary alicyclic amines) is 2. The van der Waals surface area contributed by atoms with Gasteiger partial charge in [0.05, 0.1) is 49.2 Å². The van der Waals surface area contributed by atoms with Gasteiger partial charge in [-0.25, -0.2) is 19.6 Å². The van der Waals surface area contributed by atoms with Gasteiger partial charge in [-0.3, -0.25) is 9.59 Å². The Hall–Kier alpha value is -6.32. The van der Waals surface area contributed by atoms with Gasteiger partial charge in [-0.05, 0) is 108 Å². The molecule has 3 aromatic carbocycles. The zero-order valence-electron chi connectivity index (χ0n) is 37.3. The number of aromatic nitrogens is 4. The summed E-state index contributed by atoms with van der Waals surface area (Å²) in [6, 6.07) is 13.8. The minimum atomic E-state index is -3.29. The van der Waals surface area contributed by atoms with E-state index >= 15 is 8.78 Å². The molecule has 0 radical (unpaired) electrons. The molecule has 2 saturated heterocycles. The highest BCUT2D eigenvalue weighted by atomic mass is 19.3. The molecule has 3 aliphatic carbocycles. The van der Waals surface area contributed by atoms with Crippen molar-refractivity contribution in [1.29, 1.82) is 0 Å². The Morgan fingerprint density at radius 1 is 0.785 bits per heavy atom. The van der Waals surface area contributed by atoms with E-state index in [-0.39, 0.29) is 64.2 Å². The van der Waals surface area contributed by atoms with Crippen molar-refractivity contribution in [3.63, 3.8) is 0 Å². The number of halogens is 2. The number of benzene rings is 3. The van der Waals surface area contributed by atoms with Crippen molar-refractivity contribution in [3.8, 4) is 33.5 Å². The Balaban J connectivity index is 0.896. The number of amides is 4. The Kier molecular flexibility index (Phi) is 10.3. The fourth-order valence-corrected chi connectivity index (χ4v) is 11.0. The average Bonchev–Trinajstić information content (AvgIpc) is 3.95. The molecule has 16 heteroatoms. The van der Waals surface area contributed by atoms with Gasteiger partial charge in [-0.2, -0.15) is 8.78 Å². The number of carbonyl (C=O) groups excluding carboxylic acids is 4. The Bertz CT molecular complexity index is 2740. The van der Waals surface area contributed by atoms with Crippen LogP contribution in [0.4, 0.5) is 18.4 Å². The lowest BCUT2D eigenvalue weighted by Crippen LogP contribution is -2.54. The van der Waals surface area contributed by atoms with Gasteiger partial charge in [-0.1, -0.05) is 58.0 Å². The Morgan fingerprint density at radius 3 is 2.05 bits per heavy atom. The number of fused-ring (bicyclic) bond motifs is 6. The summed E-state index contributed by atoms with van der Waals surface area (Å²) in [5.74, 6) is -2.53. The van der Waals surface area contributed by atoms with E-state index in [1.54, 1.807) is 29.3 Å². The van der Waals surface area contributed by atoms with Crippen LogP contribution in [-0.4, -0.2) is 92.6 Å². The molecule has 2 saturated carbocycles. The number of H-pyrrole nitrogens is 2. The van der Waals surface area contributed by atoms with Crippen molar-refractivity contribution in [3.05, 3.63) is 83.6 Å². The van der Waals surface area contributed by atoms with Gasteiger partial charge in [0.15, 0.2) is 0 Å². The van der Waals surface area contributed by atoms with Gasteiger partial charge in [0.2, 0.25) is 11.8 Å². The number of alkyl carbamates (subject to hydrolysis) is 2.